The van der Waals surface area contributed by atoms with Crippen molar-refractivity contribution in [2.24, 2.45) is 0 Å². The molecule has 2 aromatic rings. The van der Waals surface area contributed by atoms with E-state index in [0.29, 0.717) is 5.69 Å². The van der Waals surface area contributed by atoms with Gasteiger partial charge >= 0.3 is 5.97 Å². The first kappa shape index (κ1) is 14.0. The Morgan fingerprint density at radius 3 is 2.79 bits per heavy atom. The quantitative estimate of drug-likeness (QED) is 0.865. The Morgan fingerprint density at radius 1 is 1.47 bits per heavy atom. The van der Waals surface area contributed by atoms with E-state index < -0.39 is 6.04 Å². The fourth-order valence-electron chi connectivity index (χ4n) is 1.62. The summed E-state index contributed by atoms with van der Waals surface area (Å²) in [5, 5.41) is 5.93. The molecule has 0 fully saturated rings. The van der Waals surface area contributed by atoms with Gasteiger partial charge in [-0.15, -0.1) is 11.3 Å². The van der Waals surface area contributed by atoms with E-state index in [0.717, 1.165) is 15.2 Å². The minimum absolute atomic E-state index is 0.360. The molecule has 0 aliphatic heterocycles. The lowest BCUT2D eigenvalue weighted by atomic mass is 10.2. The third kappa shape index (κ3) is 3.33. The molecule has 0 saturated carbocycles. The first-order valence-electron chi connectivity index (χ1n) is 5.62. The summed E-state index contributed by atoms with van der Waals surface area (Å²) in [7, 11) is 1.37. The largest absolute Gasteiger partial charge is 0.467 e. The molecule has 100 valence electrons. The highest BCUT2D eigenvalue weighted by atomic mass is 79.9. The maximum Gasteiger partial charge on any atom is 0.334 e. The number of hydrogen-bond donors (Lipinski definition) is 1. The number of halogens is 1. The van der Waals surface area contributed by atoms with E-state index in [9.17, 15) is 4.79 Å². The van der Waals surface area contributed by atoms with Crippen LogP contribution in [0.4, 0.5) is 5.69 Å². The third-order valence-electron chi connectivity index (χ3n) is 2.54. The number of para-hydroxylation sites is 1. The Bertz CT molecular complexity index is 586. The van der Waals surface area contributed by atoms with Crippen LogP contribution in [0.3, 0.4) is 0 Å². The number of thiazole rings is 1. The summed E-state index contributed by atoms with van der Waals surface area (Å²) in [4.78, 5) is 16.2. The number of methoxy groups -OCH3 is 1. The number of carbonyl (C=O) groups is 1. The van der Waals surface area contributed by atoms with Crippen molar-refractivity contribution in [3.8, 4) is 0 Å². The Balaban J connectivity index is 2.29. The van der Waals surface area contributed by atoms with Gasteiger partial charge in [0.15, 0.2) is 6.04 Å². The van der Waals surface area contributed by atoms with Crippen molar-refractivity contribution in [3.63, 3.8) is 0 Å². The number of carbonyl (C=O) groups excluding carboxylic acids is 1. The van der Waals surface area contributed by atoms with Gasteiger partial charge in [-0.05, 0) is 35.0 Å². The van der Waals surface area contributed by atoms with E-state index in [1.54, 1.807) is 0 Å². The van der Waals surface area contributed by atoms with Gasteiger partial charge < -0.3 is 10.1 Å². The maximum absolute atomic E-state index is 11.9. The summed E-state index contributed by atoms with van der Waals surface area (Å²) in [6.07, 6.45) is 0. The number of benzene rings is 1. The number of nitrogens with one attached hydrogen (secondary N) is 1. The number of aryl methyl sites for hydroxylation is 1. The predicted octanol–water partition coefficient (Wildman–Crippen LogP) is 3.54. The number of nitrogens with zero attached hydrogens (tertiary/aromatic N) is 1. The number of ether oxygens (including phenoxy) is 1. The standard InChI is InChI=1S/C13H13BrN2O2S/c1-8-15-11(7-19-8)12(13(17)18-2)16-10-6-4-3-5-9(10)14/h3-7,12,16H,1-2H3. The van der Waals surface area contributed by atoms with Crippen LogP contribution in [-0.4, -0.2) is 18.1 Å². The Kier molecular flexibility index (Phi) is 4.55. The molecule has 6 heteroatoms. The fraction of sp³-hybridized carbons (Fsp3) is 0.231. The van der Waals surface area contributed by atoms with Crippen LogP contribution in [-0.2, 0) is 9.53 Å². The molecule has 19 heavy (non-hydrogen) atoms. The molecule has 2 rings (SSSR count). The molecule has 0 amide bonds. The first-order chi connectivity index (χ1) is 9.11. The molecule has 4 nitrogen and oxygen atoms in total. The van der Waals surface area contributed by atoms with E-state index in [2.05, 4.69) is 26.2 Å². The van der Waals surface area contributed by atoms with Crippen LogP contribution >= 0.6 is 27.3 Å². The monoisotopic (exact) mass is 340 g/mol. The fourth-order valence-corrected chi connectivity index (χ4v) is 2.66. The van der Waals surface area contributed by atoms with E-state index in [1.165, 1.54) is 18.4 Å². The third-order valence-corrected chi connectivity index (χ3v) is 4.03. The molecule has 1 unspecified atom stereocenters. The number of anilines is 1. The van der Waals surface area contributed by atoms with E-state index in [-0.39, 0.29) is 5.97 Å². The summed E-state index contributed by atoms with van der Waals surface area (Å²) in [6.45, 7) is 1.90. The molecular weight excluding hydrogens is 328 g/mol. The van der Waals surface area contributed by atoms with Crippen LogP contribution in [0.1, 0.15) is 16.7 Å². The summed E-state index contributed by atoms with van der Waals surface area (Å²) in [5.41, 5.74) is 1.49. The molecule has 1 heterocycles. The molecule has 0 aliphatic carbocycles. The number of hydrogen-bond acceptors (Lipinski definition) is 5. The maximum atomic E-state index is 11.9. The van der Waals surface area contributed by atoms with Gasteiger partial charge in [0.05, 0.1) is 17.8 Å². The highest BCUT2D eigenvalue weighted by Crippen LogP contribution is 2.27. The van der Waals surface area contributed by atoms with E-state index in [1.807, 2.05) is 36.6 Å². The van der Waals surface area contributed by atoms with Crippen molar-refractivity contribution < 1.29 is 9.53 Å². The van der Waals surface area contributed by atoms with Crippen LogP contribution in [0.5, 0.6) is 0 Å². The van der Waals surface area contributed by atoms with Crippen molar-refractivity contribution in [1.82, 2.24) is 4.98 Å². The number of rotatable bonds is 4. The van der Waals surface area contributed by atoms with Crippen molar-refractivity contribution in [1.29, 1.82) is 0 Å². The van der Waals surface area contributed by atoms with Crippen molar-refractivity contribution in [2.75, 3.05) is 12.4 Å². The van der Waals surface area contributed by atoms with Crippen LogP contribution < -0.4 is 5.32 Å². The molecule has 1 N–H and O–H groups in total. The highest BCUT2D eigenvalue weighted by molar-refractivity contribution is 9.10. The van der Waals surface area contributed by atoms with Gasteiger partial charge in [-0.2, -0.15) is 0 Å². The Hall–Kier alpha value is -1.40. The second-order valence-electron chi connectivity index (χ2n) is 3.87. The van der Waals surface area contributed by atoms with Gasteiger partial charge in [-0.1, -0.05) is 12.1 Å². The van der Waals surface area contributed by atoms with E-state index >= 15 is 0 Å². The van der Waals surface area contributed by atoms with E-state index in [4.69, 9.17) is 4.74 Å². The molecule has 1 aromatic heterocycles. The minimum atomic E-state index is -0.603. The van der Waals surface area contributed by atoms with Gasteiger partial charge in [0, 0.05) is 15.5 Å². The van der Waals surface area contributed by atoms with Crippen LogP contribution in [0, 0.1) is 6.92 Å². The van der Waals surface area contributed by atoms with Gasteiger partial charge in [0.25, 0.3) is 0 Å². The topological polar surface area (TPSA) is 51.2 Å². The molecule has 0 bridgehead atoms. The average molecular weight is 341 g/mol. The first-order valence-corrected chi connectivity index (χ1v) is 7.30. The summed E-state index contributed by atoms with van der Waals surface area (Å²) < 4.78 is 5.72. The molecule has 1 aromatic carbocycles. The lowest BCUT2D eigenvalue weighted by Gasteiger charge is -2.16. The molecule has 0 saturated heterocycles. The molecule has 0 aliphatic rings. The summed E-state index contributed by atoms with van der Waals surface area (Å²) >= 11 is 4.95. The van der Waals surface area contributed by atoms with Gasteiger partial charge in [-0.25, -0.2) is 9.78 Å². The molecular formula is C13H13BrN2O2S. The second-order valence-corrected chi connectivity index (χ2v) is 5.79. The van der Waals surface area contributed by atoms with Gasteiger partial charge in [0.1, 0.15) is 0 Å². The highest BCUT2D eigenvalue weighted by Gasteiger charge is 2.24. The van der Waals surface area contributed by atoms with Crippen molar-refractivity contribution >= 4 is 38.9 Å². The average Bonchev–Trinajstić information content (AvgIpc) is 2.83. The van der Waals surface area contributed by atoms with Crippen LogP contribution in [0.15, 0.2) is 34.1 Å². The normalized spacial score (nSPS) is 11.9. The lowest BCUT2D eigenvalue weighted by molar-refractivity contribution is -0.141. The SMILES string of the molecule is COC(=O)C(Nc1ccccc1Br)c1csc(C)n1. The minimum Gasteiger partial charge on any atom is -0.467 e. The molecule has 0 radical (unpaired) electrons. The molecule has 1 atom stereocenters. The van der Waals surface area contributed by atoms with Crippen molar-refractivity contribution in [3.05, 3.63) is 44.8 Å². The van der Waals surface area contributed by atoms with Crippen molar-refractivity contribution in [2.45, 2.75) is 13.0 Å². The number of esters is 1. The van der Waals surface area contributed by atoms with Crippen LogP contribution in [0.2, 0.25) is 0 Å². The van der Waals surface area contributed by atoms with Gasteiger partial charge in [-0.3, -0.25) is 0 Å². The zero-order valence-corrected chi connectivity index (χ0v) is 12.9. The lowest BCUT2D eigenvalue weighted by Crippen LogP contribution is -2.22. The Labute approximate surface area is 124 Å². The smallest absolute Gasteiger partial charge is 0.334 e. The second kappa shape index (κ2) is 6.16. The molecule has 0 spiro atoms. The summed E-state index contributed by atoms with van der Waals surface area (Å²) in [6, 6.07) is 7.00. The summed E-state index contributed by atoms with van der Waals surface area (Å²) in [5.74, 6) is -0.360. The Morgan fingerprint density at radius 2 is 2.21 bits per heavy atom. The van der Waals surface area contributed by atoms with Crippen LogP contribution in [0.25, 0.3) is 0 Å². The predicted molar refractivity (Wildman–Crippen MR) is 79.4 cm³/mol. The van der Waals surface area contributed by atoms with Gasteiger partial charge in [0.2, 0.25) is 0 Å². The zero-order chi connectivity index (χ0) is 13.8. The number of aromatic nitrogens is 1. The zero-order valence-electron chi connectivity index (χ0n) is 10.5.